The molecule has 78 valence electrons. The summed E-state index contributed by atoms with van der Waals surface area (Å²) in [5.74, 6) is 0. The Balaban J connectivity index is 2.21. The van der Waals surface area contributed by atoms with Gasteiger partial charge in [-0.2, -0.15) is 0 Å². The molecule has 0 radical (unpaired) electrons. The molecule has 2 heterocycles. The molecule has 0 amide bonds. The highest BCUT2D eigenvalue weighted by atomic mass is 16.5. The topological polar surface area (TPSA) is 40.2 Å². The van der Waals surface area contributed by atoms with Crippen molar-refractivity contribution < 1.29 is 4.74 Å². The first-order valence-electron chi connectivity index (χ1n) is 5.34. The Morgan fingerprint density at radius 1 is 1.64 bits per heavy atom. The quantitative estimate of drug-likeness (QED) is 0.797. The first-order valence-corrected chi connectivity index (χ1v) is 5.34. The zero-order valence-electron chi connectivity index (χ0n) is 8.70. The van der Waals surface area contributed by atoms with Gasteiger partial charge in [-0.05, 0) is 18.1 Å². The second-order valence-corrected chi connectivity index (χ2v) is 3.86. The Morgan fingerprint density at radius 3 is 3.29 bits per heavy atom. The van der Waals surface area contributed by atoms with Crippen LogP contribution in [0.15, 0.2) is 12.3 Å². The molecule has 2 rings (SSSR count). The van der Waals surface area contributed by atoms with Crippen molar-refractivity contribution in [3.8, 4) is 0 Å². The Hall–Kier alpha value is -0.800. The maximum atomic E-state index is 6.11. The van der Waals surface area contributed by atoms with Crippen LogP contribution >= 0.6 is 0 Å². The standard InChI is InChI=1S/C11H18N2O/c1-2-3-10(12)9-4-5-13-6-7-14-8-11(9)13/h4-5,10H,2-3,6-8,12H2,1H3. The van der Waals surface area contributed by atoms with E-state index in [0.717, 1.165) is 32.6 Å². The van der Waals surface area contributed by atoms with Gasteiger partial charge in [-0.25, -0.2) is 0 Å². The highest BCUT2D eigenvalue weighted by Crippen LogP contribution is 2.24. The molecule has 1 aliphatic rings. The van der Waals surface area contributed by atoms with Crippen molar-refractivity contribution in [1.29, 1.82) is 0 Å². The number of rotatable bonds is 3. The largest absolute Gasteiger partial charge is 0.373 e. The molecule has 1 aliphatic heterocycles. The lowest BCUT2D eigenvalue weighted by molar-refractivity contribution is 0.0839. The Bertz CT molecular complexity index is 306. The summed E-state index contributed by atoms with van der Waals surface area (Å²) < 4.78 is 7.71. The summed E-state index contributed by atoms with van der Waals surface area (Å²) in [6, 6.07) is 2.32. The average Bonchev–Trinajstić information content (AvgIpc) is 2.61. The molecule has 0 saturated heterocycles. The number of ether oxygens (including phenoxy) is 1. The molecule has 1 unspecified atom stereocenters. The monoisotopic (exact) mass is 194 g/mol. The normalized spacial score (nSPS) is 17.9. The van der Waals surface area contributed by atoms with Gasteiger partial charge in [-0.1, -0.05) is 13.3 Å². The molecule has 0 spiro atoms. The molecule has 3 heteroatoms. The van der Waals surface area contributed by atoms with Crippen LogP contribution in [0, 0.1) is 0 Å². The summed E-state index contributed by atoms with van der Waals surface area (Å²) in [4.78, 5) is 0. The van der Waals surface area contributed by atoms with Crippen molar-refractivity contribution in [2.45, 2.75) is 39.0 Å². The fourth-order valence-corrected chi connectivity index (χ4v) is 2.03. The highest BCUT2D eigenvalue weighted by Gasteiger charge is 2.17. The fourth-order valence-electron chi connectivity index (χ4n) is 2.03. The average molecular weight is 194 g/mol. The van der Waals surface area contributed by atoms with Gasteiger partial charge < -0.3 is 15.0 Å². The van der Waals surface area contributed by atoms with Crippen molar-refractivity contribution in [3.63, 3.8) is 0 Å². The minimum atomic E-state index is 0.179. The molecule has 1 aromatic rings. The lowest BCUT2D eigenvalue weighted by Gasteiger charge is -2.19. The minimum Gasteiger partial charge on any atom is -0.373 e. The summed E-state index contributed by atoms with van der Waals surface area (Å²) in [5, 5.41) is 0. The van der Waals surface area contributed by atoms with E-state index in [0.29, 0.717) is 0 Å². The van der Waals surface area contributed by atoms with Gasteiger partial charge in [-0.3, -0.25) is 0 Å². The SMILES string of the molecule is CCCC(N)c1ccn2c1COCC2. The van der Waals surface area contributed by atoms with E-state index in [2.05, 4.69) is 23.8 Å². The van der Waals surface area contributed by atoms with Gasteiger partial charge >= 0.3 is 0 Å². The molecular formula is C11H18N2O. The van der Waals surface area contributed by atoms with Crippen molar-refractivity contribution >= 4 is 0 Å². The van der Waals surface area contributed by atoms with E-state index in [9.17, 15) is 0 Å². The zero-order valence-corrected chi connectivity index (χ0v) is 8.70. The maximum Gasteiger partial charge on any atom is 0.0872 e. The van der Waals surface area contributed by atoms with Crippen LogP contribution in [0.25, 0.3) is 0 Å². The van der Waals surface area contributed by atoms with E-state index in [1.165, 1.54) is 11.3 Å². The van der Waals surface area contributed by atoms with Crippen LogP contribution in [0.1, 0.15) is 37.1 Å². The highest BCUT2D eigenvalue weighted by molar-refractivity contribution is 5.26. The Labute approximate surface area is 84.9 Å². The molecule has 1 atom stereocenters. The summed E-state index contributed by atoms with van der Waals surface area (Å²) in [6.45, 7) is 4.68. The maximum absolute atomic E-state index is 6.11. The molecular weight excluding hydrogens is 176 g/mol. The van der Waals surface area contributed by atoms with Gasteiger partial charge in [0.1, 0.15) is 0 Å². The van der Waals surface area contributed by atoms with Crippen LogP contribution < -0.4 is 5.73 Å². The summed E-state index contributed by atoms with van der Waals surface area (Å²) in [5.41, 5.74) is 8.65. The van der Waals surface area contributed by atoms with Crippen LogP contribution in [0.5, 0.6) is 0 Å². The summed E-state index contributed by atoms with van der Waals surface area (Å²) >= 11 is 0. The third kappa shape index (κ3) is 1.70. The molecule has 3 nitrogen and oxygen atoms in total. The van der Waals surface area contributed by atoms with Gasteiger partial charge in [0.25, 0.3) is 0 Å². The second-order valence-electron chi connectivity index (χ2n) is 3.86. The zero-order chi connectivity index (χ0) is 9.97. The van der Waals surface area contributed by atoms with Crippen molar-refractivity contribution in [2.24, 2.45) is 5.73 Å². The molecule has 0 bridgehead atoms. The number of aromatic nitrogens is 1. The summed E-state index contributed by atoms with van der Waals surface area (Å²) in [7, 11) is 0. The lowest BCUT2D eigenvalue weighted by atomic mass is 10.0. The van der Waals surface area contributed by atoms with Crippen LogP contribution in [-0.2, 0) is 17.9 Å². The van der Waals surface area contributed by atoms with Crippen LogP contribution in [0.3, 0.4) is 0 Å². The smallest absolute Gasteiger partial charge is 0.0872 e. The van der Waals surface area contributed by atoms with E-state index >= 15 is 0 Å². The van der Waals surface area contributed by atoms with E-state index < -0.39 is 0 Å². The number of nitrogens with zero attached hydrogens (tertiary/aromatic N) is 1. The minimum absolute atomic E-state index is 0.179. The van der Waals surface area contributed by atoms with E-state index in [1.54, 1.807) is 0 Å². The molecule has 2 N–H and O–H groups in total. The lowest BCUT2D eigenvalue weighted by Crippen LogP contribution is -2.19. The molecule has 0 fully saturated rings. The third-order valence-corrected chi connectivity index (χ3v) is 2.83. The first kappa shape index (κ1) is 9.74. The van der Waals surface area contributed by atoms with Gasteiger partial charge in [0.05, 0.1) is 13.2 Å². The van der Waals surface area contributed by atoms with E-state index in [1.807, 2.05) is 0 Å². The molecule has 0 aliphatic carbocycles. The second kappa shape index (κ2) is 4.15. The molecule has 1 aromatic heterocycles. The van der Waals surface area contributed by atoms with Crippen molar-refractivity contribution in [1.82, 2.24) is 4.57 Å². The van der Waals surface area contributed by atoms with Crippen LogP contribution in [0.2, 0.25) is 0 Å². The first-order chi connectivity index (χ1) is 6.83. The third-order valence-electron chi connectivity index (χ3n) is 2.83. The molecule has 0 saturated carbocycles. The van der Waals surface area contributed by atoms with Crippen molar-refractivity contribution in [2.75, 3.05) is 6.61 Å². The number of nitrogens with two attached hydrogens (primary N) is 1. The number of hydrogen-bond donors (Lipinski definition) is 1. The van der Waals surface area contributed by atoms with E-state index in [-0.39, 0.29) is 6.04 Å². The van der Waals surface area contributed by atoms with Crippen LogP contribution in [0.4, 0.5) is 0 Å². The number of hydrogen-bond acceptors (Lipinski definition) is 2. The van der Waals surface area contributed by atoms with Gasteiger partial charge in [-0.15, -0.1) is 0 Å². The van der Waals surface area contributed by atoms with Gasteiger partial charge in [0.2, 0.25) is 0 Å². The molecule has 0 aromatic carbocycles. The molecule has 14 heavy (non-hydrogen) atoms. The predicted octanol–water partition coefficient (Wildman–Crippen LogP) is 1.82. The Morgan fingerprint density at radius 2 is 2.50 bits per heavy atom. The van der Waals surface area contributed by atoms with Crippen LogP contribution in [-0.4, -0.2) is 11.2 Å². The van der Waals surface area contributed by atoms with E-state index in [4.69, 9.17) is 10.5 Å². The van der Waals surface area contributed by atoms with Gasteiger partial charge in [0.15, 0.2) is 0 Å². The number of fused-ring (bicyclic) bond motifs is 1. The fraction of sp³-hybridized carbons (Fsp3) is 0.636. The summed E-state index contributed by atoms with van der Waals surface area (Å²) in [6.07, 6.45) is 4.31. The van der Waals surface area contributed by atoms with Gasteiger partial charge in [0, 0.05) is 24.5 Å². The predicted molar refractivity (Wildman–Crippen MR) is 55.9 cm³/mol. The Kier molecular flexibility index (Phi) is 2.89. The van der Waals surface area contributed by atoms with Crippen molar-refractivity contribution in [3.05, 3.63) is 23.5 Å².